The Labute approximate surface area is 112 Å². The van der Waals surface area contributed by atoms with Crippen LogP contribution < -0.4 is 11.3 Å². The highest BCUT2D eigenvalue weighted by Crippen LogP contribution is 2.25. The van der Waals surface area contributed by atoms with Gasteiger partial charge in [-0.2, -0.15) is 4.80 Å². The van der Waals surface area contributed by atoms with Gasteiger partial charge in [0, 0.05) is 12.0 Å². The molecule has 0 amide bonds. The standard InChI is InChI=1S/C10H11ClF2N6/c1-19-17-10(16-18-19)4-9(15-14)5-2-8(13)6(11)3-7(5)12/h2-3,9,15H,4,14H2,1H3. The molecule has 0 radical (unpaired) electrons. The van der Waals surface area contributed by atoms with Gasteiger partial charge in [-0.3, -0.25) is 11.3 Å². The summed E-state index contributed by atoms with van der Waals surface area (Å²) >= 11 is 5.49. The van der Waals surface area contributed by atoms with Crippen molar-refractivity contribution in [1.82, 2.24) is 25.6 Å². The van der Waals surface area contributed by atoms with Crippen LogP contribution in [0.2, 0.25) is 5.02 Å². The lowest BCUT2D eigenvalue weighted by Gasteiger charge is -2.15. The lowest BCUT2D eigenvalue weighted by Crippen LogP contribution is -2.30. The summed E-state index contributed by atoms with van der Waals surface area (Å²) in [4.78, 5) is 1.27. The van der Waals surface area contributed by atoms with Crippen LogP contribution >= 0.6 is 11.6 Å². The van der Waals surface area contributed by atoms with Gasteiger partial charge in [0.25, 0.3) is 0 Å². The maximum absolute atomic E-state index is 13.8. The van der Waals surface area contributed by atoms with Crippen LogP contribution in [0, 0.1) is 11.6 Å². The van der Waals surface area contributed by atoms with Crippen LogP contribution in [0.1, 0.15) is 17.4 Å². The molecule has 9 heteroatoms. The van der Waals surface area contributed by atoms with E-state index >= 15 is 0 Å². The summed E-state index contributed by atoms with van der Waals surface area (Å²) in [7, 11) is 1.60. The van der Waals surface area contributed by atoms with Gasteiger partial charge in [-0.15, -0.1) is 10.2 Å². The van der Waals surface area contributed by atoms with Crippen LogP contribution in [-0.4, -0.2) is 20.2 Å². The number of aryl methyl sites for hydroxylation is 1. The zero-order valence-corrected chi connectivity index (χ0v) is 10.7. The summed E-state index contributed by atoms with van der Waals surface area (Å²) < 4.78 is 27.2. The van der Waals surface area contributed by atoms with Crippen molar-refractivity contribution in [3.05, 3.63) is 40.2 Å². The molecule has 1 atom stereocenters. The SMILES string of the molecule is Cn1nnc(CC(NN)c2cc(F)c(Cl)cc2F)n1. The Bertz CT molecular complexity index is 587. The Morgan fingerprint density at radius 1 is 1.42 bits per heavy atom. The van der Waals surface area contributed by atoms with Crippen molar-refractivity contribution >= 4 is 11.6 Å². The zero-order valence-electron chi connectivity index (χ0n) is 9.94. The summed E-state index contributed by atoms with van der Waals surface area (Å²) in [6, 6.07) is 1.22. The second kappa shape index (κ2) is 5.55. The molecule has 1 unspecified atom stereocenters. The molecule has 0 bridgehead atoms. The average molecular weight is 289 g/mol. The molecule has 0 aliphatic carbocycles. The number of nitrogens with two attached hydrogens (primary N) is 1. The maximum Gasteiger partial charge on any atom is 0.176 e. The summed E-state index contributed by atoms with van der Waals surface area (Å²) in [5.41, 5.74) is 2.45. The van der Waals surface area contributed by atoms with Crippen molar-refractivity contribution < 1.29 is 8.78 Å². The van der Waals surface area contributed by atoms with E-state index in [4.69, 9.17) is 17.4 Å². The molecule has 2 aromatic rings. The number of hydrogen-bond acceptors (Lipinski definition) is 5. The first-order valence-corrected chi connectivity index (χ1v) is 5.72. The van der Waals surface area contributed by atoms with E-state index in [0.29, 0.717) is 5.82 Å². The molecule has 0 aliphatic rings. The molecule has 102 valence electrons. The number of benzene rings is 1. The van der Waals surface area contributed by atoms with Crippen molar-refractivity contribution in [2.75, 3.05) is 0 Å². The number of hydrogen-bond donors (Lipinski definition) is 2. The van der Waals surface area contributed by atoms with Crippen LogP contribution in [0.5, 0.6) is 0 Å². The van der Waals surface area contributed by atoms with Gasteiger partial charge < -0.3 is 0 Å². The van der Waals surface area contributed by atoms with Crippen molar-refractivity contribution in [2.24, 2.45) is 12.9 Å². The molecule has 0 aliphatic heterocycles. The minimum Gasteiger partial charge on any atom is -0.271 e. The van der Waals surface area contributed by atoms with Gasteiger partial charge in [0.1, 0.15) is 11.6 Å². The lowest BCUT2D eigenvalue weighted by molar-refractivity contribution is 0.494. The number of nitrogens with zero attached hydrogens (tertiary/aromatic N) is 4. The van der Waals surface area contributed by atoms with E-state index in [0.717, 1.165) is 12.1 Å². The van der Waals surface area contributed by atoms with Gasteiger partial charge >= 0.3 is 0 Å². The van der Waals surface area contributed by atoms with Crippen molar-refractivity contribution in [3.8, 4) is 0 Å². The first-order chi connectivity index (χ1) is 9.01. The van der Waals surface area contributed by atoms with Crippen LogP contribution in [-0.2, 0) is 13.5 Å². The first kappa shape index (κ1) is 13.8. The Hall–Kier alpha value is -1.64. The van der Waals surface area contributed by atoms with Crippen molar-refractivity contribution in [3.63, 3.8) is 0 Å². The molecule has 0 fully saturated rings. The fourth-order valence-electron chi connectivity index (χ4n) is 1.65. The molecule has 1 aromatic carbocycles. The van der Waals surface area contributed by atoms with E-state index in [2.05, 4.69) is 20.8 Å². The predicted octanol–water partition coefficient (Wildman–Crippen LogP) is 0.889. The smallest absolute Gasteiger partial charge is 0.176 e. The third kappa shape index (κ3) is 3.03. The van der Waals surface area contributed by atoms with Crippen LogP contribution in [0.25, 0.3) is 0 Å². The molecule has 0 saturated heterocycles. The fourth-order valence-corrected chi connectivity index (χ4v) is 1.80. The quantitative estimate of drug-likeness (QED) is 0.496. The normalized spacial score (nSPS) is 12.7. The van der Waals surface area contributed by atoms with E-state index in [9.17, 15) is 8.78 Å². The number of aromatic nitrogens is 4. The lowest BCUT2D eigenvalue weighted by atomic mass is 10.0. The number of halogens is 3. The molecule has 0 saturated carbocycles. The van der Waals surface area contributed by atoms with Gasteiger partial charge in [-0.1, -0.05) is 11.6 Å². The fraction of sp³-hybridized carbons (Fsp3) is 0.300. The van der Waals surface area contributed by atoms with E-state index in [1.807, 2.05) is 0 Å². The highest BCUT2D eigenvalue weighted by Gasteiger charge is 2.19. The maximum atomic E-state index is 13.8. The first-order valence-electron chi connectivity index (χ1n) is 5.34. The van der Waals surface area contributed by atoms with E-state index in [1.165, 1.54) is 4.80 Å². The van der Waals surface area contributed by atoms with Gasteiger partial charge in [-0.05, 0) is 17.3 Å². The molecule has 6 nitrogen and oxygen atoms in total. The van der Waals surface area contributed by atoms with Gasteiger partial charge in [0.15, 0.2) is 5.82 Å². The third-order valence-corrected chi connectivity index (χ3v) is 2.84. The van der Waals surface area contributed by atoms with Gasteiger partial charge in [0.2, 0.25) is 0 Å². The Balaban J connectivity index is 2.29. The molecule has 3 N–H and O–H groups in total. The summed E-state index contributed by atoms with van der Waals surface area (Å²) in [5, 5.41) is 11.1. The number of hydrazine groups is 1. The van der Waals surface area contributed by atoms with Crippen molar-refractivity contribution in [1.29, 1.82) is 0 Å². The zero-order chi connectivity index (χ0) is 14.0. The number of rotatable bonds is 4. The Morgan fingerprint density at radius 2 is 2.16 bits per heavy atom. The van der Waals surface area contributed by atoms with E-state index in [1.54, 1.807) is 7.05 Å². The molecular formula is C10H11ClF2N6. The molecule has 1 heterocycles. The summed E-state index contributed by atoms with van der Waals surface area (Å²) in [5.74, 6) is 4.35. The van der Waals surface area contributed by atoms with Gasteiger partial charge in [0.05, 0.1) is 18.1 Å². The van der Waals surface area contributed by atoms with Gasteiger partial charge in [-0.25, -0.2) is 8.78 Å². The minimum atomic E-state index is -0.717. The monoisotopic (exact) mass is 288 g/mol. The summed E-state index contributed by atoms with van der Waals surface area (Å²) in [6.45, 7) is 0. The Kier molecular flexibility index (Phi) is 4.03. The Morgan fingerprint density at radius 3 is 2.74 bits per heavy atom. The molecule has 19 heavy (non-hydrogen) atoms. The van der Waals surface area contributed by atoms with E-state index < -0.39 is 17.7 Å². The second-order valence-corrected chi connectivity index (χ2v) is 4.31. The van der Waals surface area contributed by atoms with E-state index in [-0.39, 0.29) is 17.0 Å². The third-order valence-electron chi connectivity index (χ3n) is 2.55. The van der Waals surface area contributed by atoms with Crippen LogP contribution in [0.4, 0.5) is 8.78 Å². The number of tetrazole rings is 1. The molecular weight excluding hydrogens is 278 g/mol. The second-order valence-electron chi connectivity index (χ2n) is 3.91. The largest absolute Gasteiger partial charge is 0.271 e. The molecule has 2 rings (SSSR count). The topological polar surface area (TPSA) is 81.7 Å². The average Bonchev–Trinajstić information content (AvgIpc) is 2.77. The highest BCUT2D eigenvalue weighted by atomic mass is 35.5. The predicted molar refractivity (Wildman–Crippen MR) is 63.9 cm³/mol. The van der Waals surface area contributed by atoms with Crippen molar-refractivity contribution in [2.45, 2.75) is 12.5 Å². The van der Waals surface area contributed by atoms with Crippen LogP contribution in [0.15, 0.2) is 12.1 Å². The minimum absolute atomic E-state index is 0.0526. The molecule has 1 aromatic heterocycles. The number of nitrogens with one attached hydrogen (secondary N) is 1. The molecule has 0 spiro atoms. The van der Waals surface area contributed by atoms with Crippen LogP contribution in [0.3, 0.4) is 0 Å². The summed E-state index contributed by atoms with van der Waals surface area (Å²) in [6.07, 6.45) is 0.169. The highest BCUT2D eigenvalue weighted by molar-refractivity contribution is 6.30.